The highest BCUT2D eigenvalue weighted by Gasteiger charge is 2.18. The number of aromatic nitrogens is 3. The monoisotopic (exact) mass is 453 g/mol. The van der Waals surface area contributed by atoms with Crippen molar-refractivity contribution >= 4 is 27.7 Å². The number of amides is 1. The molecular weight excluding hydrogens is 418 g/mol. The fourth-order valence-electron chi connectivity index (χ4n) is 4.98. The largest absolute Gasteiger partial charge is 0.497 e. The van der Waals surface area contributed by atoms with Crippen LogP contribution in [0.25, 0.3) is 21.8 Å². The molecule has 1 aliphatic rings. The molecule has 8 nitrogen and oxygen atoms in total. The van der Waals surface area contributed by atoms with Gasteiger partial charge in [-0.05, 0) is 38.1 Å². The van der Waals surface area contributed by atoms with Crippen LogP contribution in [0.3, 0.4) is 0 Å². The minimum Gasteiger partial charge on any atom is -0.497 e. The number of carbonyl (C=O) groups is 1. The van der Waals surface area contributed by atoms with Gasteiger partial charge in [-0.25, -0.2) is 0 Å². The van der Waals surface area contributed by atoms with E-state index in [1.54, 1.807) is 29.6 Å². The molecule has 1 fully saturated rings. The first-order valence-electron chi connectivity index (χ1n) is 12.0. The van der Waals surface area contributed by atoms with Crippen LogP contribution in [0.5, 0.6) is 5.75 Å². The SMILES string of the molecule is COc1ccc2c(c1)c1c(cnn1CC(=O)NCCN(C)C1CCCCCCC1)c(=O)n2C. The van der Waals surface area contributed by atoms with Gasteiger partial charge in [0.05, 0.1) is 29.7 Å². The average molecular weight is 454 g/mol. The quantitative estimate of drug-likeness (QED) is 0.595. The van der Waals surface area contributed by atoms with Gasteiger partial charge in [-0.2, -0.15) is 5.10 Å². The molecule has 1 amide bonds. The Morgan fingerprint density at radius 3 is 2.64 bits per heavy atom. The van der Waals surface area contributed by atoms with E-state index >= 15 is 0 Å². The van der Waals surface area contributed by atoms with Crippen LogP contribution < -0.4 is 15.6 Å². The average Bonchev–Trinajstić information content (AvgIpc) is 3.20. The van der Waals surface area contributed by atoms with Crippen LogP contribution in [-0.4, -0.2) is 58.4 Å². The van der Waals surface area contributed by atoms with Crippen molar-refractivity contribution in [2.24, 2.45) is 7.05 Å². The van der Waals surface area contributed by atoms with E-state index in [9.17, 15) is 9.59 Å². The van der Waals surface area contributed by atoms with Crippen molar-refractivity contribution in [3.05, 3.63) is 34.7 Å². The zero-order valence-corrected chi connectivity index (χ0v) is 20.0. The highest BCUT2D eigenvalue weighted by molar-refractivity contribution is 6.04. The van der Waals surface area contributed by atoms with Gasteiger partial charge in [0.1, 0.15) is 12.3 Å². The molecule has 1 aliphatic carbocycles. The van der Waals surface area contributed by atoms with Crippen molar-refractivity contribution in [1.82, 2.24) is 24.6 Å². The summed E-state index contributed by atoms with van der Waals surface area (Å²) < 4.78 is 8.60. The first-order chi connectivity index (χ1) is 16.0. The molecular formula is C25H35N5O3. The van der Waals surface area contributed by atoms with Crippen molar-refractivity contribution in [3.8, 4) is 5.75 Å². The normalized spacial score (nSPS) is 15.6. The second-order valence-electron chi connectivity index (χ2n) is 9.14. The molecule has 0 spiro atoms. The molecule has 0 saturated heterocycles. The summed E-state index contributed by atoms with van der Waals surface area (Å²) in [5.41, 5.74) is 1.31. The number of fused-ring (bicyclic) bond motifs is 3. The molecule has 0 bridgehead atoms. The third-order valence-electron chi connectivity index (χ3n) is 6.97. The van der Waals surface area contributed by atoms with Gasteiger partial charge in [-0.1, -0.05) is 32.1 Å². The van der Waals surface area contributed by atoms with E-state index in [1.807, 2.05) is 18.2 Å². The number of likely N-dealkylation sites (N-methyl/N-ethyl adjacent to an activating group) is 1. The van der Waals surface area contributed by atoms with Crippen molar-refractivity contribution in [3.63, 3.8) is 0 Å². The summed E-state index contributed by atoms with van der Waals surface area (Å²) in [4.78, 5) is 27.9. The summed E-state index contributed by atoms with van der Waals surface area (Å²) in [7, 11) is 5.51. The summed E-state index contributed by atoms with van der Waals surface area (Å²) in [5, 5.41) is 8.73. The van der Waals surface area contributed by atoms with Crippen molar-refractivity contribution < 1.29 is 9.53 Å². The maximum Gasteiger partial charge on any atom is 0.261 e. The molecule has 0 radical (unpaired) electrons. The van der Waals surface area contributed by atoms with Gasteiger partial charge < -0.3 is 19.5 Å². The molecule has 1 saturated carbocycles. The summed E-state index contributed by atoms with van der Waals surface area (Å²) in [5.74, 6) is 0.583. The molecule has 1 aromatic carbocycles. The number of hydrogen-bond acceptors (Lipinski definition) is 5. The highest BCUT2D eigenvalue weighted by Crippen LogP contribution is 2.26. The zero-order valence-electron chi connectivity index (χ0n) is 20.0. The van der Waals surface area contributed by atoms with Gasteiger partial charge in [0.2, 0.25) is 5.91 Å². The molecule has 1 N–H and O–H groups in total. The lowest BCUT2D eigenvalue weighted by Gasteiger charge is -2.29. The number of hydrogen-bond donors (Lipinski definition) is 1. The molecule has 8 heteroatoms. The van der Waals surface area contributed by atoms with E-state index in [-0.39, 0.29) is 18.0 Å². The third kappa shape index (κ3) is 5.05. The Bertz CT molecular complexity index is 1170. The Morgan fingerprint density at radius 1 is 1.18 bits per heavy atom. The Hall–Kier alpha value is -2.87. The number of aryl methyl sites for hydroxylation is 1. The molecule has 3 aromatic rings. The van der Waals surface area contributed by atoms with Crippen LogP contribution >= 0.6 is 0 Å². The van der Waals surface area contributed by atoms with E-state index in [0.717, 1.165) is 17.4 Å². The third-order valence-corrected chi connectivity index (χ3v) is 6.97. The van der Waals surface area contributed by atoms with Crippen LogP contribution in [0, 0.1) is 0 Å². The van der Waals surface area contributed by atoms with Gasteiger partial charge in [-0.15, -0.1) is 0 Å². The smallest absolute Gasteiger partial charge is 0.261 e. The van der Waals surface area contributed by atoms with Crippen molar-refractivity contribution in [2.45, 2.75) is 57.5 Å². The van der Waals surface area contributed by atoms with E-state index in [1.165, 1.54) is 44.9 Å². The lowest BCUT2D eigenvalue weighted by Crippen LogP contribution is -2.39. The van der Waals surface area contributed by atoms with Crippen LogP contribution in [0.1, 0.15) is 44.9 Å². The Labute approximate surface area is 194 Å². The number of ether oxygens (including phenoxy) is 1. The number of rotatable bonds is 7. The Kier molecular flexibility index (Phi) is 7.33. The second kappa shape index (κ2) is 10.4. The molecule has 2 heterocycles. The van der Waals surface area contributed by atoms with Crippen molar-refractivity contribution in [2.75, 3.05) is 27.2 Å². The summed E-state index contributed by atoms with van der Waals surface area (Å²) in [6.45, 7) is 1.49. The van der Waals surface area contributed by atoms with Gasteiger partial charge in [0.15, 0.2) is 0 Å². The fourth-order valence-corrected chi connectivity index (χ4v) is 4.98. The van der Waals surface area contributed by atoms with Crippen molar-refractivity contribution in [1.29, 1.82) is 0 Å². The van der Waals surface area contributed by atoms with Crippen LogP contribution in [0.4, 0.5) is 0 Å². The topological polar surface area (TPSA) is 81.4 Å². The first kappa shape index (κ1) is 23.3. The fraction of sp³-hybridized carbons (Fsp3) is 0.560. The summed E-state index contributed by atoms with van der Waals surface area (Å²) >= 11 is 0. The molecule has 2 aromatic heterocycles. The number of nitrogens with one attached hydrogen (secondary N) is 1. The van der Waals surface area contributed by atoms with Gasteiger partial charge in [0, 0.05) is 31.6 Å². The molecule has 33 heavy (non-hydrogen) atoms. The molecule has 4 rings (SSSR count). The first-order valence-corrected chi connectivity index (χ1v) is 12.0. The predicted octanol–water partition coefficient (Wildman–Crippen LogP) is 3.06. The van der Waals surface area contributed by atoms with Gasteiger partial charge in [-0.3, -0.25) is 14.3 Å². The Balaban J connectivity index is 1.45. The van der Waals surface area contributed by atoms with E-state index in [4.69, 9.17) is 4.74 Å². The van der Waals surface area contributed by atoms with Crippen LogP contribution in [0.15, 0.2) is 29.2 Å². The molecule has 0 atom stereocenters. The van der Waals surface area contributed by atoms with E-state index in [2.05, 4.69) is 22.4 Å². The number of carbonyl (C=O) groups excluding carboxylic acids is 1. The number of methoxy groups -OCH3 is 1. The minimum absolute atomic E-state index is 0.0656. The lowest BCUT2D eigenvalue weighted by molar-refractivity contribution is -0.121. The molecule has 0 aliphatic heterocycles. The van der Waals surface area contributed by atoms with Crippen LogP contribution in [-0.2, 0) is 18.4 Å². The summed E-state index contributed by atoms with van der Waals surface area (Å²) in [6.07, 6.45) is 10.7. The van der Waals surface area contributed by atoms with E-state index < -0.39 is 0 Å². The van der Waals surface area contributed by atoms with Gasteiger partial charge in [0.25, 0.3) is 5.56 Å². The standard InChI is InChI=1S/C25H35N5O3/c1-28(18-9-7-5-4-6-8-10-18)14-13-26-23(31)17-30-24-20-15-19(33-3)11-12-22(20)29(2)25(32)21(24)16-27-30/h11-12,15-16,18H,4-10,13-14,17H2,1-3H3,(H,26,31). The number of nitrogens with zero attached hydrogens (tertiary/aromatic N) is 4. The molecule has 178 valence electrons. The number of pyridine rings is 1. The number of benzene rings is 1. The molecule has 0 unspecified atom stereocenters. The summed E-state index contributed by atoms with van der Waals surface area (Å²) in [6, 6.07) is 6.18. The van der Waals surface area contributed by atoms with E-state index in [0.29, 0.717) is 29.2 Å². The maximum atomic E-state index is 12.8. The highest BCUT2D eigenvalue weighted by atomic mass is 16.5. The second-order valence-corrected chi connectivity index (χ2v) is 9.14. The van der Waals surface area contributed by atoms with Crippen LogP contribution in [0.2, 0.25) is 0 Å². The maximum absolute atomic E-state index is 12.8. The lowest BCUT2D eigenvalue weighted by atomic mass is 9.96. The Morgan fingerprint density at radius 2 is 1.91 bits per heavy atom. The zero-order chi connectivity index (χ0) is 23.4. The predicted molar refractivity (Wildman–Crippen MR) is 131 cm³/mol. The minimum atomic E-state index is -0.129. The van der Waals surface area contributed by atoms with Gasteiger partial charge >= 0.3 is 0 Å².